The van der Waals surface area contributed by atoms with Crippen LogP contribution in [0.3, 0.4) is 0 Å². The van der Waals surface area contributed by atoms with Gasteiger partial charge in [-0.2, -0.15) is 0 Å². The Morgan fingerprint density at radius 3 is 1.78 bits per heavy atom. The van der Waals surface area contributed by atoms with Gasteiger partial charge >= 0.3 is 31.2 Å². The molecule has 1 amide bonds. The molecule has 1 unspecified atom stereocenters. The highest BCUT2D eigenvalue weighted by Gasteiger charge is 2.41. The van der Waals surface area contributed by atoms with Gasteiger partial charge in [-0.25, -0.2) is 14.4 Å². The summed E-state index contributed by atoms with van der Waals surface area (Å²) in [5.74, 6) is -3.10. The average Bonchev–Trinajstić information content (AvgIpc) is 3.65. The lowest BCUT2D eigenvalue weighted by atomic mass is 10.0. The van der Waals surface area contributed by atoms with Crippen molar-refractivity contribution < 1.29 is 62.2 Å². The summed E-state index contributed by atoms with van der Waals surface area (Å²) in [6.45, 7) is 1.25. The molecule has 0 radical (unpaired) electrons. The SMILES string of the molecule is CC(=O)Oc1ccc(C(=O)Oc2ccc(OC(=O)c3cccc(C(=O)Oc4ccc(NC(=O)c5ccc(-n6c(O)c7c(c6O)CC=CC7)cc5)cc4)c3)c(P3(=O)Oc4ccccc4-c4ccccc43)c2)cc1. The third kappa shape index (κ3) is 9.10. The zero-order valence-electron chi connectivity index (χ0n) is 37.9. The first-order valence-electron chi connectivity index (χ1n) is 22.3. The second kappa shape index (κ2) is 19.1. The summed E-state index contributed by atoms with van der Waals surface area (Å²) >= 11 is 0. The van der Waals surface area contributed by atoms with Crippen molar-refractivity contribution in [3.8, 4) is 57.3 Å². The Bertz CT molecular complexity index is 3550. The summed E-state index contributed by atoms with van der Waals surface area (Å²) in [5.41, 5.74) is 3.91. The van der Waals surface area contributed by atoms with Crippen LogP contribution < -0.4 is 39.4 Å². The van der Waals surface area contributed by atoms with E-state index in [4.69, 9.17) is 23.5 Å². The van der Waals surface area contributed by atoms with E-state index in [0.717, 1.165) is 0 Å². The van der Waals surface area contributed by atoms with Gasteiger partial charge in [0.1, 0.15) is 28.7 Å². The van der Waals surface area contributed by atoms with Crippen LogP contribution in [0, 0.1) is 0 Å². The van der Waals surface area contributed by atoms with Crippen molar-refractivity contribution in [3.05, 3.63) is 209 Å². The number of ether oxygens (including phenoxy) is 4. The second-order valence-electron chi connectivity index (χ2n) is 16.5. The molecular formula is C56H39N2O13P. The highest BCUT2D eigenvalue weighted by atomic mass is 31.2. The van der Waals surface area contributed by atoms with E-state index in [2.05, 4.69) is 5.32 Å². The lowest BCUT2D eigenvalue weighted by Gasteiger charge is -2.29. The number of nitrogens with zero attached hydrogens (tertiary/aromatic N) is 1. The van der Waals surface area contributed by atoms with Crippen LogP contribution in [0.1, 0.15) is 59.5 Å². The fourth-order valence-electron chi connectivity index (χ4n) is 8.35. The fraction of sp³-hybridized carbons (Fsp3) is 0.0536. The predicted octanol–water partition coefficient (Wildman–Crippen LogP) is 9.67. The molecule has 0 saturated heterocycles. The number of aromatic hydroxyl groups is 2. The maximum Gasteiger partial charge on any atom is 0.343 e. The number of esters is 4. The molecule has 2 heterocycles. The van der Waals surface area contributed by atoms with Crippen molar-refractivity contribution in [3.63, 3.8) is 0 Å². The van der Waals surface area contributed by atoms with Gasteiger partial charge in [0, 0.05) is 34.9 Å². The van der Waals surface area contributed by atoms with Gasteiger partial charge in [0.25, 0.3) is 5.91 Å². The average molecular weight is 979 g/mol. The summed E-state index contributed by atoms with van der Waals surface area (Å²) in [7, 11) is -4.18. The van der Waals surface area contributed by atoms with E-state index in [-0.39, 0.29) is 56.8 Å². The van der Waals surface area contributed by atoms with Crippen LogP contribution >= 0.6 is 7.37 Å². The van der Waals surface area contributed by atoms with Crippen LogP contribution in [0.25, 0.3) is 16.8 Å². The van der Waals surface area contributed by atoms with Crippen molar-refractivity contribution in [1.82, 2.24) is 4.57 Å². The third-order valence-corrected chi connectivity index (χ3v) is 14.3. The van der Waals surface area contributed by atoms with Gasteiger partial charge in [0.05, 0.1) is 33.0 Å². The van der Waals surface area contributed by atoms with Crippen molar-refractivity contribution in [1.29, 1.82) is 0 Å². The van der Waals surface area contributed by atoms with Crippen LogP contribution in [0.15, 0.2) is 176 Å². The number of rotatable bonds is 11. The van der Waals surface area contributed by atoms with E-state index in [0.29, 0.717) is 63.1 Å². The smallest absolute Gasteiger partial charge is 0.343 e. The number of carbonyl (C=O) groups excluding carboxylic acids is 5. The highest BCUT2D eigenvalue weighted by molar-refractivity contribution is 7.75. The number of nitrogens with one attached hydrogen (secondary N) is 1. The van der Waals surface area contributed by atoms with Crippen LogP contribution in [0.4, 0.5) is 5.69 Å². The number of anilines is 1. The molecule has 3 N–H and O–H groups in total. The molecule has 10 rings (SSSR count). The summed E-state index contributed by atoms with van der Waals surface area (Å²) in [5, 5.41) is 24.6. The van der Waals surface area contributed by atoms with Crippen molar-refractivity contribution in [2.75, 3.05) is 5.32 Å². The van der Waals surface area contributed by atoms with Gasteiger partial charge < -0.3 is 39.0 Å². The van der Waals surface area contributed by atoms with Crippen molar-refractivity contribution >= 4 is 53.4 Å². The minimum atomic E-state index is -4.18. The molecular weight excluding hydrogens is 940 g/mol. The lowest BCUT2D eigenvalue weighted by molar-refractivity contribution is -0.131. The molecule has 16 heteroatoms. The predicted molar refractivity (Wildman–Crippen MR) is 265 cm³/mol. The lowest BCUT2D eigenvalue weighted by Crippen LogP contribution is -2.27. The first-order valence-corrected chi connectivity index (χ1v) is 23.9. The number of allylic oxidation sites excluding steroid dienone is 2. The normalized spacial score (nSPS) is 14.1. The highest BCUT2D eigenvalue weighted by Crippen LogP contribution is 2.55. The maximum atomic E-state index is 15.5. The maximum absolute atomic E-state index is 15.5. The molecule has 1 aromatic heterocycles. The first kappa shape index (κ1) is 46.3. The van der Waals surface area contributed by atoms with Crippen LogP contribution in [0.2, 0.25) is 0 Å². The number of aromatic nitrogens is 1. The van der Waals surface area contributed by atoms with Gasteiger partial charge in [-0.05, 0) is 140 Å². The molecule has 0 spiro atoms. The summed E-state index contributed by atoms with van der Waals surface area (Å²) in [6, 6.07) is 41.8. The van der Waals surface area contributed by atoms with Gasteiger partial charge in [0.2, 0.25) is 11.8 Å². The minimum absolute atomic E-state index is 0.000905. The molecule has 72 heavy (non-hydrogen) atoms. The molecule has 2 aliphatic rings. The molecule has 15 nitrogen and oxygen atoms in total. The zero-order chi connectivity index (χ0) is 50.1. The molecule has 0 bridgehead atoms. The molecule has 356 valence electrons. The summed E-state index contributed by atoms with van der Waals surface area (Å²) in [6.07, 6.45) is 4.87. The number of para-hydroxylation sites is 1. The minimum Gasteiger partial charge on any atom is -0.494 e. The van der Waals surface area contributed by atoms with Gasteiger partial charge in [0.15, 0.2) is 0 Å². The Morgan fingerprint density at radius 2 is 1.10 bits per heavy atom. The number of hydrogen-bond acceptors (Lipinski definition) is 13. The zero-order valence-corrected chi connectivity index (χ0v) is 38.8. The second-order valence-corrected chi connectivity index (χ2v) is 18.7. The Kier molecular flexibility index (Phi) is 12.3. The summed E-state index contributed by atoms with van der Waals surface area (Å²) in [4.78, 5) is 65.3. The monoisotopic (exact) mass is 978 g/mol. The van der Waals surface area contributed by atoms with Gasteiger partial charge in [-0.15, -0.1) is 0 Å². The van der Waals surface area contributed by atoms with E-state index in [1.807, 2.05) is 24.3 Å². The fourth-order valence-corrected chi connectivity index (χ4v) is 10.7. The van der Waals surface area contributed by atoms with E-state index in [1.54, 1.807) is 72.8 Å². The molecule has 7 aromatic carbocycles. The Hall–Kier alpha value is -9.46. The molecule has 0 fully saturated rings. The van der Waals surface area contributed by atoms with Gasteiger partial charge in [-0.3, -0.25) is 18.7 Å². The molecule has 1 atom stereocenters. The van der Waals surface area contributed by atoms with E-state index >= 15 is 4.57 Å². The molecule has 1 aliphatic carbocycles. The number of amides is 1. The van der Waals surface area contributed by atoms with Crippen LogP contribution in [0.5, 0.6) is 40.5 Å². The van der Waals surface area contributed by atoms with E-state index in [1.165, 1.54) is 90.4 Å². The Balaban J connectivity index is 0.843. The van der Waals surface area contributed by atoms with E-state index in [9.17, 15) is 34.2 Å². The molecule has 8 aromatic rings. The summed E-state index contributed by atoms with van der Waals surface area (Å²) < 4.78 is 45.4. The first-order chi connectivity index (χ1) is 34.8. The Labute approximate surface area is 410 Å². The van der Waals surface area contributed by atoms with Crippen LogP contribution in [-0.4, -0.2) is 44.6 Å². The molecule has 0 saturated carbocycles. The number of carbonyl (C=O) groups is 5. The third-order valence-electron chi connectivity index (χ3n) is 11.8. The molecule has 1 aliphatic heterocycles. The van der Waals surface area contributed by atoms with Crippen molar-refractivity contribution in [2.45, 2.75) is 19.8 Å². The van der Waals surface area contributed by atoms with Crippen LogP contribution in [-0.2, 0) is 22.2 Å². The van der Waals surface area contributed by atoms with Crippen molar-refractivity contribution in [2.24, 2.45) is 0 Å². The quantitative estimate of drug-likeness (QED) is 0.0478. The Morgan fingerprint density at radius 1 is 0.542 bits per heavy atom. The number of benzene rings is 7. The standard InChI is InChI=1S/C56H39N2O13P/c1-33(59)67-40-25-19-35(20-26-40)54(63)69-42-29-30-48(50(32-42)72(66)49-16-7-5-12-44(49)43-11-4-6-15-47(43)71-72)70-56(65)37-10-8-9-36(31-37)55(64)68-41-27-21-38(22-28-41)57-51(60)34-17-23-39(24-18-34)58-52(61)45-13-2-3-14-46(45)53(58)62/h2-12,15-32,61-62H,13-14H2,1H3,(H,57,60). The van der Waals surface area contributed by atoms with Gasteiger partial charge in [-0.1, -0.05) is 54.6 Å². The largest absolute Gasteiger partial charge is 0.494 e. The number of hydrogen-bond donors (Lipinski definition) is 3. The number of fused-ring (bicyclic) bond motifs is 4. The topological polar surface area (TPSA) is 206 Å². The van der Waals surface area contributed by atoms with E-state index < -0.39 is 37.2 Å².